The lowest BCUT2D eigenvalue weighted by Crippen LogP contribution is -2.45. The molecule has 0 spiro atoms. The molecule has 2 rings (SSSR count). The predicted octanol–water partition coefficient (Wildman–Crippen LogP) is 1.74. The molecule has 0 unspecified atom stereocenters. The van der Waals surface area contributed by atoms with Crippen LogP contribution in [-0.2, 0) is 5.54 Å². The number of aromatic nitrogens is 1. The lowest BCUT2D eigenvalue weighted by molar-refractivity contribution is 0.200. The second kappa shape index (κ2) is 2.57. The van der Waals surface area contributed by atoms with Gasteiger partial charge < -0.3 is 5.32 Å². The first-order chi connectivity index (χ1) is 5.37. The van der Waals surface area contributed by atoms with Gasteiger partial charge in [-0.15, -0.1) is 11.3 Å². The minimum atomic E-state index is 0.244. The molecule has 0 bridgehead atoms. The first-order valence-corrected chi connectivity index (χ1v) is 4.84. The molecule has 1 N–H and O–H groups in total. The summed E-state index contributed by atoms with van der Waals surface area (Å²) in [6, 6.07) is 0. The van der Waals surface area contributed by atoms with Crippen molar-refractivity contribution in [3.8, 4) is 0 Å². The van der Waals surface area contributed by atoms with Gasteiger partial charge in [0.1, 0.15) is 5.01 Å². The maximum Gasteiger partial charge on any atom is 0.113 e. The molecule has 1 heterocycles. The Kier molecular flexibility index (Phi) is 1.69. The van der Waals surface area contributed by atoms with Crippen molar-refractivity contribution in [1.82, 2.24) is 10.3 Å². The first kappa shape index (κ1) is 7.25. The minimum absolute atomic E-state index is 0.244. The van der Waals surface area contributed by atoms with Gasteiger partial charge in [-0.1, -0.05) is 0 Å². The molecule has 1 fully saturated rings. The maximum atomic E-state index is 4.34. The summed E-state index contributed by atoms with van der Waals surface area (Å²) in [4.78, 5) is 4.34. The van der Waals surface area contributed by atoms with Crippen LogP contribution in [0.25, 0.3) is 0 Å². The molecule has 11 heavy (non-hydrogen) atoms. The van der Waals surface area contributed by atoms with Crippen molar-refractivity contribution in [3.63, 3.8) is 0 Å². The molecule has 1 aliphatic rings. The molecule has 0 radical (unpaired) electrons. The molecule has 1 aromatic heterocycles. The van der Waals surface area contributed by atoms with Crippen LogP contribution < -0.4 is 5.32 Å². The summed E-state index contributed by atoms with van der Waals surface area (Å²) >= 11 is 1.76. The molecule has 60 valence electrons. The largest absolute Gasteiger partial charge is 0.308 e. The first-order valence-electron chi connectivity index (χ1n) is 3.96. The SMILES string of the molecule is CNC1(c2nccs2)CCC1. The van der Waals surface area contributed by atoms with Crippen LogP contribution in [0, 0.1) is 0 Å². The van der Waals surface area contributed by atoms with E-state index in [-0.39, 0.29) is 5.54 Å². The van der Waals surface area contributed by atoms with Crippen LogP contribution in [0.4, 0.5) is 0 Å². The average molecular weight is 168 g/mol. The Labute approximate surface area is 70.7 Å². The zero-order valence-corrected chi connectivity index (χ0v) is 7.45. The van der Waals surface area contributed by atoms with Gasteiger partial charge in [-0.05, 0) is 26.3 Å². The third-order valence-electron chi connectivity index (χ3n) is 2.53. The van der Waals surface area contributed by atoms with Crippen molar-refractivity contribution in [2.75, 3.05) is 7.05 Å². The van der Waals surface area contributed by atoms with Gasteiger partial charge in [0.15, 0.2) is 0 Å². The second-order valence-electron chi connectivity index (χ2n) is 3.02. The zero-order chi connectivity index (χ0) is 7.73. The van der Waals surface area contributed by atoms with E-state index in [9.17, 15) is 0 Å². The van der Waals surface area contributed by atoms with Crippen molar-refractivity contribution >= 4 is 11.3 Å². The standard InChI is InChI=1S/C8H12N2S/c1-9-8(3-2-4-8)7-10-5-6-11-7/h5-6,9H,2-4H2,1H3. The van der Waals surface area contributed by atoms with E-state index in [4.69, 9.17) is 0 Å². The number of nitrogens with one attached hydrogen (secondary N) is 1. The van der Waals surface area contributed by atoms with Gasteiger partial charge >= 0.3 is 0 Å². The summed E-state index contributed by atoms with van der Waals surface area (Å²) in [6.45, 7) is 0. The van der Waals surface area contributed by atoms with Gasteiger partial charge in [0.25, 0.3) is 0 Å². The highest BCUT2D eigenvalue weighted by Crippen LogP contribution is 2.41. The minimum Gasteiger partial charge on any atom is -0.308 e. The van der Waals surface area contributed by atoms with Crippen LogP contribution in [0.2, 0.25) is 0 Å². The number of hydrogen-bond donors (Lipinski definition) is 1. The van der Waals surface area contributed by atoms with Gasteiger partial charge in [-0.2, -0.15) is 0 Å². The van der Waals surface area contributed by atoms with E-state index in [2.05, 4.69) is 10.3 Å². The third-order valence-corrected chi connectivity index (χ3v) is 3.50. The summed E-state index contributed by atoms with van der Waals surface area (Å²) in [5, 5.41) is 6.67. The van der Waals surface area contributed by atoms with Crippen LogP contribution in [0.5, 0.6) is 0 Å². The van der Waals surface area contributed by atoms with Crippen LogP contribution in [0.3, 0.4) is 0 Å². The lowest BCUT2D eigenvalue weighted by atomic mass is 9.77. The van der Waals surface area contributed by atoms with E-state index in [0.29, 0.717) is 0 Å². The molecule has 2 nitrogen and oxygen atoms in total. The smallest absolute Gasteiger partial charge is 0.113 e. The van der Waals surface area contributed by atoms with E-state index in [1.165, 1.54) is 24.3 Å². The molecular formula is C8H12N2S. The van der Waals surface area contributed by atoms with Gasteiger partial charge in [0, 0.05) is 11.6 Å². The summed E-state index contributed by atoms with van der Waals surface area (Å²) < 4.78 is 0. The van der Waals surface area contributed by atoms with Gasteiger partial charge in [0.05, 0.1) is 5.54 Å². The molecular weight excluding hydrogens is 156 g/mol. The van der Waals surface area contributed by atoms with Crippen LogP contribution in [0.1, 0.15) is 24.3 Å². The van der Waals surface area contributed by atoms with E-state index >= 15 is 0 Å². The second-order valence-corrected chi connectivity index (χ2v) is 3.92. The number of rotatable bonds is 2. The molecule has 1 aromatic rings. The highest BCUT2D eigenvalue weighted by Gasteiger charge is 2.39. The maximum absolute atomic E-state index is 4.34. The Bertz CT molecular complexity index is 221. The van der Waals surface area contributed by atoms with Crippen molar-refractivity contribution in [2.24, 2.45) is 0 Å². The fourth-order valence-electron chi connectivity index (χ4n) is 1.56. The van der Waals surface area contributed by atoms with E-state index in [1.807, 2.05) is 18.6 Å². The Balaban J connectivity index is 2.25. The average Bonchev–Trinajstić information content (AvgIpc) is 2.39. The van der Waals surface area contributed by atoms with Gasteiger partial charge in [0.2, 0.25) is 0 Å². The van der Waals surface area contributed by atoms with Crippen LogP contribution >= 0.6 is 11.3 Å². The normalized spacial score (nSPS) is 21.2. The molecule has 0 atom stereocenters. The zero-order valence-electron chi connectivity index (χ0n) is 6.63. The van der Waals surface area contributed by atoms with Crippen molar-refractivity contribution in [3.05, 3.63) is 16.6 Å². The Hall–Kier alpha value is -0.410. The number of nitrogens with zero attached hydrogens (tertiary/aromatic N) is 1. The molecule has 0 aromatic carbocycles. The van der Waals surface area contributed by atoms with Crippen molar-refractivity contribution in [2.45, 2.75) is 24.8 Å². The molecule has 3 heteroatoms. The Morgan fingerprint density at radius 3 is 2.82 bits per heavy atom. The van der Waals surface area contributed by atoms with Crippen molar-refractivity contribution < 1.29 is 0 Å². The molecule has 1 saturated carbocycles. The van der Waals surface area contributed by atoms with E-state index < -0.39 is 0 Å². The summed E-state index contributed by atoms with van der Waals surface area (Å²) in [5.74, 6) is 0. The van der Waals surface area contributed by atoms with Gasteiger partial charge in [-0.25, -0.2) is 4.98 Å². The molecule has 0 amide bonds. The predicted molar refractivity (Wildman–Crippen MR) is 46.7 cm³/mol. The molecule has 0 saturated heterocycles. The van der Waals surface area contributed by atoms with E-state index in [0.717, 1.165) is 0 Å². The van der Waals surface area contributed by atoms with E-state index in [1.54, 1.807) is 11.3 Å². The fourth-order valence-corrected chi connectivity index (χ4v) is 2.47. The van der Waals surface area contributed by atoms with Crippen LogP contribution in [-0.4, -0.2) is 12.0 Å². The monoisotopic (exact) mass is 168 g/mol. The quantitative estimate of drug-likeness (QED) is 0.727. The Morgan fingerprint density at radius 1 is 1.64 bits per heavy atom. The summed E-state index contributed by atoms with van der Waals surface area (Å²) in [5.41, 5.74) is 0.244. The molecule has 1 aliphatic carbocycles. The fraction of sp³-hybridized carbons (Fsp3) is 0.625. The summed E-state index contributed by atoms with van der Waals surface area (Å²) in [6.07, 6.45) is 5.71. The van der Waals surface area contributed by atoms with Crippen LogP contribution in [0.15, 0.2) is 11.6 Å². The number of hydrogen-bond acceptors (Lipinski definition) is 3. The van der Waals surface area contributed by atoms with Crippen molar-refractivity contribution in [1.29, 1.82) is 0 Å². The highest BCUT2D eigenvalue weighted by molar-refractivity contribution is 7.09. The number of thiazole rings is 1. The Morgan fingerprint density at radius 2 is 2.45 bits per heavy atom. The molecule has 0 aliphatic heterocycles. The van der Waals surface area contributed by atoms with Gasteiger partial charge in [-0.3, -0.25) is 0 Å². The topological polar surface area (TPSA) is 24.9 Å². The third kappa shape index (κ3) is 0.993. The summed E-state index contributed by atoms with van der Waals surface area (Å²) in [7, 11) is 2.03. The lowest BCUT2D eigenvalue weighted by Gasteiger charge is -2.39. The highest BCUT2D eigenvalue weighted by atomic mass is 32.1.